The highest BCUT2D eigenvalue weighted by molar-refractivity contribution is 5.76. The van der Waals surface area contributed by atoms with Gasteiger partial charge in [0.1, 0.15) is 0 Å². The average Bonchev–Trinajstić information content (AvgIpc) is 2.47. The van der Waals surface area contributed by atoms with Crippen LogP contribution in [0.25, 0.3) is 0 Å². The second-order valence-corrected chi connectivity index (χ2v) is 4.83. The van der Waals surface area contributed by atoms with Crippen LogP contribution in [0.1, 0.15) is 37.7 Å². The maximum atomic E-state index is 11.8. The van der Waals surface area contributed by atoms with Gasteiger partial charge in [0, 0.05) is 25.4 Å². The van der Waals surface area contributed by atoms with Gasteiger partial charge >= 0.3 is 0 Å². The van der Waals surface area contributed by atoms with Gasteiger partial charge in [0.15, 0.2) is 0 Å². The minimum Gasteiger partial charge on any atom is -0.342 e. The van der Waals surface area contributed by atoms with Crippen LogP contribution in [-0.4, -0.2) is 30.0 Å². The van der Waals surface area contributed by atoms with Crippen LogP contribution in [0.2, 0.25) is 0 Å². The maximum absolute atomic E-state index is 11.8. The average molecular weight is 258 g/mol. The molecule has 0 aliphatic carbocycles. The monoisotopic (exact) mass is 258 g/mol. The maximum Gasteiger partial charge on any atom is 0.240 e. The van der Waals surface area contributed by atoms with Crippen molar-refractivity contribution in [3.05, 3.63) is 29.8 Å². The van der Waals surface area contributed by atoms with Crippen LogP contribution >= 0.6 is 0 Å². The number of hydrogen-bond donors (Lipinski definition) is 0. The zero-order chi connectivity index (χ0) is 13.7. The van der Waals surface area contributed by atoms with Gasteiger partial charge in [0.2, 0.25) is 12.0 Å². The molecule has 100 valence electrons. The molecule has 4 nitrogen and oxygen atoms in total. The molecule has 0 unspecified atom stereocenters. The Labute approximate surface area is 113 Å². The summed E-state index contributed by atoms with van der Waals surface area (Å²) in [4.78, 5) is 27.6. The van der Waals surface area contributed by atoms with Crippen molar-refractivity contribution in [2.24, 2.45) is 4.99 Å². The highest BCUT2D eigenvalue weighted by atomic mass is 16.2. The number of piperidine rings is 1. The van der Waals surface area contributed by atoms with Crippen molar-refractivity contribution in [2.45, 2.75) is 32.1 Å². The van der Waals surface area contributed by atoms with Gasteiger partial charge in [-0.05, 0) is 30.5 Å². The van der Waals surface area contributed by atoms with Crippen molar-refractivity contribution < 1.29 is 9.59 Å². The van der Waals surface area contributed by atoms with E-state index in [1.165, 1.54) is 0 Å². The highest BCUT2D eigenvalue weighted by Crippen LogP contribution is 2.29. The van der Waals surface area contributed by atoms with Crippen LogP contribution in [0.3, 0.4) is 0 Å². The molecule has 0 aromatic heterocycles. The van der Waals surface area contributed by atoms with Crippen molar-refractivity contribution in [1.82, 2.24) is 4.90 Å². The fourth-order valence-corrected chi connectivity index (χ4v) is 2.60. The van der Waals surface area contributed by atoms with Crippen LogP contribution in [0.15, 0.2) is 29.3 Å². The lowest BCUT2D eigenvalue weighted by Crippen LogP contribution is -2.38. The summed E-state index contributed by atoms with van der Waals surface area (Å²) in [5.74, 6) is 0.554. The number of benzene rings is 1. The lowest BCUT2D eigenvalue weighted by Gasteiger charge is -2.33. The van der Waals surface area contributed by atoms with Gasteiger partial charge in [-0.1, -0.05) is 19.1 Å². The Morgan fingerprint density at radius 1 is 1.53 bits per heavy atom. The van der Waals surface area contributed by atoms with E-state index >= 15 is 0 Å². The summed E-state index contributed by atoms with van der Waals surface area (Å²) in [6.07, 6.45) is 4.22. The van der Waals surface area contributed by atoms with E-state index in [1.807, 2.05) is 30.0 Å². The van der Waals surface area contributed by atoms with Gasteiger partial charge in [-0.15, -0.1) is 0 Å². The Hall–Kier alpha value is -1.93. The second kappa shape index (κ2) is 6.30. The van der Waals surface area contributed by atoms with Crippen molar-refractivity contribution in [3.8, 4) is 0 Å². The zero-order valence-electron chi connectivity index (χ0n) is 11.1. The third-order valence-electron chi connectivity index (χ3n) is 3.59. The number of amides is 1. The quantitative estimate of drug-likeness (QED) is 0.618. The van der Waals surface area contributed by atoms with Crippen molar-refractivity contribution in [2.75, 3.05) is 13.1 Å². The highest BCUT2D eigenvalue weighted by Gasteiger charge is 2.23. The molecule has 0 saturated carbocycles. The third kappa shape index (κ3) is 3.30. The molecular formula is C15H18N2O2. The molecule has 1 heterocycles. The molecule has 1 atom stereocenters. The molecule has 1 aromatic rings. The Morgan fingerprint density at radius 3 is 3.11 bits per heavy atom. The van der Waals surface area contributed by atoms with Gasteiger partial charge in [0.25, 0.3) is 0 Å². The molecule has 0 N–H and O–H groups in total. The summed E-state index contributed by atoms with van der Waals surface area (Å²) in [5, 5.41) is 0. The number of nitrogens with zero attached hydrogens (tertiary/aromatic N) is 2. The molecule has 0 spiro atoms. The smallest absolute Gasteiger partial charge is 0.240 e. The van der Waals surface area contributed by atoms with Gasteiger partial charge in [-0.2, -0.15) is 4.99 Å². The van der Waals surface area contributed by atoms with Gasteiger partial charge in [-0.25, -0.2) is 4.79 Å². The van der Waals surface area contributed by atoms with Crippen LogP contribution in [-0.2, 0) is 9.59 Å². The first kappa shape index (κ1) is 13.5. The molecule has 1 fully saturated rings. The predicted octanol–water partition coefficient (Wildman–Crippen LogP) is 2.77. The summed E-state index contributed by atoms with van der Waals surface area (Å²) in [7, 11) is 0. The first-order chi connectivity index (χ1) is 9.24. The van der Waals surface area contributed by atoms with E-state index in [1.54, 1.807) is 12.1 Å². The van der Waals surface area contributed by atoms with Gasteiger partial charge < -0.3 is 4.90 Å². The fraction of sp³-hybridized carbons (Fsp3) is 0.467. The summed E-state index contributed by atoms with van der Waals surface area (Å²) in [5.41, 5.74) is 1.77. The van der Waals surface area contributed by atoms with Crippen molar-refractivity contribution >= 4 is 17.7 Å². The molecule has 2 rings (SSSR count). The number of carbonyl (C=O) groups excluding carboxylic acids is 2. The number of carbonyl (C=O) groups is 1. The Balaban J connectivity index is 2.14. The van der Waals surface area contributed by atoms with E-state index in [4.69, 9.17) is 0 Å². The molecule has 1 aliphatic rings. The lowest BCUT2D eigenvalue weighted by molar-refractivity contribution is -0.132. The molecular weight excluding hydrogens is 240 g/mol. The number of rotatable bonds is 3. The molecule has 0 radical (unpaired) electrons. The number of likely N-dealkylation sites (tertiary alicyclic amines) is 1. The third-order valence-corrected chi connectivity index (χ3v) is 3.59. The fourth-order valence-electron chi connectivity index (χ4n) is 2.60. The van der Waals surface area contributed by atoms with Crippen LogP contribution in [0.4, 0.5) is 5.69 Å². The van der Waals surface area contributed by atoms with E-state index in [0.717, 1.165) is 31.5 Å². The lowest BCUT2D eigenvalue weighted by atomic mass is 9.90. The predicted molar refractivity (Wildman–Crippen MR) is 73.1 cm³/mol. The number of isocyanates is 1. The Bertz CT molecular complexity index is 507. The van der Waals surface area contributed by atoms with E-state index in [9.17, 15) is 9.59 Å². The molecule has 4 heteroatoms. The standard InChI is InChI=1S/C15H18N2O2/c1-2-15(19)17-8-4-6-13(10-17)12-5-3-7-14(9-12)16-11-18/h3,5,7,9,13H,2,4,6,8,10H2,1H3/t13-/m0/s1. The number of hydrogen-bond acceptors (Lipinski definition) is 3. The Kier molecular flexibility index (Phi) is 4.48. The van der Waals surface area contributed by atoms with Crippen molar-refractivity contribution in [1.29, 1.82) is 0 Å². The summed E-state index contributed by atoms with van der Waals surface area (Å²) >= 11 is 0. The van der Waals surface area contributed by atoms with E-state index < -0.39 is 0 Å². The zero-order valence-corrected chi connectivity index (χ0v) is 11.1. The molecule has 0 bridgehead atoms. The first-order valence-corrected chi connectivity index (χ1v) is 6.70. The molecule has 1 saturated heterocycles. The van der Waals surface area contributed by atoms with E-state index in [2.05, 4.69) is 4.99 Å². The van der Waals surface area contributed by atoms with Gasteiger partial charge in [0.05, 0.1) is 5.69 Å². The molecule has 1 aromatic carbocycles. The molecule has 19 heavy (non-hydrogen) atoms. The molecule has 1 aliphatic heterocycles. The second-order valence-electron chi connectivity index (χ2n) is 4.83. The first-order valence-electron chi connectivity index (χ1n) is 6.70. The minimum atomic E-state index is 0.215. The largest absolute Gasteiger partial charge is 0.342 e. The summed E-state index contributed by atoms with van der Waals surface area (Å²) < 4.78 is 0. The summed E-state index contributed by atoms with van der Waals surface area (Å²) in [6, 6.07) is 7.63. The van der Waals surface area contributed by atoms with Gasteiger partial charge in [-0.3, -0.25) is 4.79 Å². The van der Waals surface area contributed by atoms with E-state index in [0.29, 0.717) is 18.0 Å². The summed E-state index contributed by atoms with van der Waals surface area (Å²) in [6.45, 7) is 3.52. The SMILES string of the molecule is CCC(=O)N1CCC[C@H](c2cccc(N=C=O)c2)C1. The van der Waals surface area contributed by atoms with Crippen LogP contribution in [0, 0.1) is 0 Å². The normalized spacial score (nSPS) is 18.8. The molecule has 1 amide bonds. The van der Waals surface area contributed by atoms with Crippen LogP contribution < -0.4 is 0 Å². The van der Waals surface area contributed by atoms with Crippen molar-refractivity contribution in [3.63, 3.8) is 0 Å². The topological polar surface area (TPSA) is 49.7 Å². The van der Waals surface area contributed by atoms with E-state index in [-0.39, 0.29) is 5.91 Å². The van der Waals surface area contributed by atoms with Crippen LogP contribution in [0.5, 0.6) is 0 Å². The minimum absolute atomic E-state index is 0.215. The Morgan fingerprint density at radius 2 is 2.37 bits per heavy atom. The number of aliphatic imine (C=N–C) groups is 1.